The van der Waals surface area contributed by atoms with E-state index in [1.807, 2.05) is 0 Å². The second-order valence-corrected chi connectivity index (χ2v) is 30.9. The van der Waals surface area contributed by atoms with Gasteiger partial charge in [0.25, 0.3) is 0 Å². The van der Waals surface area contributed by atoms with Gasteiger partial charge in [0.2, 0.25) is 14.1 Å². The normalized spacial score (nSPS) is 13.6. The van der Waals surface area contributed by atoms with Gasteiger partial charge in [0.05, 0.1) is 44.5 Å². The number of halogens is 24. The second-order valence-electron chi connectivity index (χ2n) is 23.1. The number of benzene rings is 4. The van der Waals surface area contributed by atoms with Crippen molar-refractivity contribution in [3.8, 4) is 0 Å². The van der Waals surface area contributed by atoms with Crippen LogP contribution in [0.25, 0.3) is 0 Å². The molecule has 0 bridgehead atoms. The minimum absolute atomic E-state index is 0.691. The van der Waals surface area contributed by atoms with Gasteiger partial charge in [-0.25, -0.2) is 0 Å². The molecule has 0 aliphatic rings. The molecule has 512 valence electrons. The zero-order chi connectivity index (χ0) is 68.6. The molecule has 0 N–H and O–H groups in total. The molecule has 0 aliphatic carbocycles. The van der Waals surface area contributed by atoms with Crippen LogP contribution in [0, 0.1) is 0 Å². The third-order valence-corrected chi connectivity index (χ3v) is 25.8. The predicted molar refractivity (Wildman–Crippen MR) is 312 cm³/mol. The minimum Gasteiger partial charge on any atom is -0.194 e. The van der Waals surface area contributed by atoms with Crippen molar-refractivity contribution in [3.63, 3.8) is 0 Å². The highest BCUT2D eigenvalue weighted by Crippen LogP contribution is 2.56. The Bertz CT molecular complexity index is 2460. The Hall–Kier alpha value is -4.17. The molecule has 28 heteroatoms. The van der Waals surface area contributed by atoms with Crippen LogP contribution in [0.3, 0.4) is 0 Å². The first kappa shape index (κ1) is 80.1. The van der Waals surface area contributed by atoms with Gasteiger partial charge < -0.3 is 0 Å². The highest BCUT2D eigenvalue weighted by molar-refractivity contribution is 7.73. The number of unbranched alkanes of at least 4 members (excludes halogenated alkanes) is 12. The molecule has 0 amide bonds. The van der Waals surface area contributed by atoms with Gasteiger partial charge in [0.1, 0.15) is 6.15 Å². The van der Waals surface area contributed by atoms with E-state index in [-0.39, 0.29) is 0 Å². The van der Waals surface area contributed by atoms with Gasteiger partial charge in [0, 0.05) is 37.0 Å². The molecule has 0 aromatic heterocycles. The van der Waals surface area contributed by atoms with Crippen molar-refractivity contribution in [2.45, 2.75) is 207 Å². The van der Waals surface area contributed by atoms with Crippen LogP contribution in [0.1, 0.15) is 202 Å². The fourth-order valence-corrected chi connectivity index (χ4v) is 22.9. The maximum absolute atomic E-state index is 14.2. The Morgan fingerprint density at radius 1 is 0.233 bits per heavy atom. The summed E-state index contributed by atoms with van der Waals surface area (Å²) in [5, 5.41) is 0. The lowest BCUT2D eigenvalue weighted by Crippen LogP contribution is -2.75. The van der Waals surface area contributed by atoms with Gasteiger partial charge in [-0.3, -0.25) is 0 Å². The minimum atomic E-state index is -6.13. The van der Waals surface area contributed by atoms with E-state index in [2.05, 4.69) is 41.5 Å². The maximum atomic E-state index is 14.2. The Kier molecular flexibility index (Phi) is 29.2. The Balaban J connectivity index is 0.000000547. The van der Waals surface area contributed by atoms with Crippen LogP contribution in [-0.2, 0) is 49.4 Å². The molecular formula is C62H78BF24NP2. The topological polar surface area (TPSA) is 14.1 Å². The number of hydrogen-bond donors (Lipinski definition) is 0. The van der Waals surface area contributed by atoms with Gasteiger partial charge >= 0.3 is 49.4 Å². The van der Waals surface area contributed by atoms with Crippen LogP contribution in [0.4, 0.5) is 105 Å². The van der Waals surface area contributed by atoms with E-state index < -0.39 is 209 Å². The fraction of sp³-hybridized carbons (Fsp3) is 0.613. The predicted octanol–water partition coefficient (Wildman–Crippen LogP) is 22.8. The standard InChI is InChI=1S/C32H12BF24.C30H66NP2/c34-25(35,36)13-1-14(26(37,38)39)6-21(5-13)33(22-7-15(27(40,41)42)2-16(8-22)28(43,44)45,23-9-17(29(46,47)48)3-18(10-23)30(49,50)51)24-11-19(31(52,53)54)4-20(12-24)32(55,56)57;1-7-13-19-25-32(26-20-14-8-2,27-21-15-9-3)31-33(28-22-16-10-4,29-23-17-11-5)30-24-18-12-6/h1-12H;7-30H2,1-6H3/q-1;+1. The molecule has 0 heterocycles. The van der Waals surface area contributed by atoms with Gasteiger partial charge in [-0.05, 0) is 62.8 Å². The molecule has 0 saturated heterocycles. The van der Waals surface area contributed by atoms with E-state index in [0.717, 1.165) is 0 Å². The Morgan fingerprint density at radius 2 is 0.367 bits per heavy atom. The molecule has 0 spiro atoms. The molecule has 0 atom stereocenters. The number of hydrogen-bond acceptors (Lipinski definition) is 0. The molecule has 90 heavy (non-hydrogen) atoms. The first-order valence-electron chi connectivity index (χ1n) is 30.2. The summed E-state index contributed by atoms with van der Waals surface area (Å²) in [6.07, 6.45) is -20.5. The molecule has 0 radical (unpaired) electrons. The Morgan fingerprint density at radius 3 is 0.478 bits per heavy atom. The molecule has 0 saturated carbocycles. The highest BCUT2D eigenvalue weighted by Gasteiger charge is 2.48. The fourth-order valence-electron chi connectivity index (χ4n) is 11.3. The molecule has 0 unspecified atom stereocenters. The number of rotatable bonds is 28. The summed E-state index contributed by atoms with van der Waals surface area (Å²) in [5.41, 5.74) is -30.2. The first-order valence-corrected chi connectivity index (χ1v) is 34.8. The summed E-state index contributed by atoms with van der Waals surface area (Å²) in [7, 11) is -2.36. The van der Waals surface area contributed by atoms with Crippen molar-refractivity contribution >= 4 is 42.1 Å². The van der Waals surface area contributed by atoms with Gasteiger partial charge in [-0.2, -0.15) is 131 Å². The average molecular weight is 1370 g/mol. The third-order valence-electron chi connectivity index (χ3n) is 15.9. The highest BCUT2D eigenvalue weighted by atomic mass is 31.2. The summed E-state index contributed by atoms with van der Waals surface area (Å²) in [6.45, 7) is 14.3. The smallest absolute Gasteiger partial charge is 0.194 e. The van der Waals surface area contributed by atoms with Crippen molar-refractivity contribution in [1.82, 2.24) is 4.17 Å². The lowest BCUT2D eigenvalue weighted by molar-refractivity contribution is -0.144. The SMILES string of the molecule is CCCCCP(CCCCC)(CCCCC)=[N+]=P(CCCCC)(CCCCC)CCCCC.FC(F)(F)c1cc([B-](c2cc(C(F)(F)F)cc(C(F)(F)F)c2)(c2cc(C(F)(F)F)cc(C(F)(F)F)c2)c2cc(C(F)(F)F)cc(C(F)(F)F)c2)cc(C(F)(F)F)c1. The van der Waals surface area contributed by atoms with Crippen molar-refractivity contribution in [2.24, 2.45) is 0 Å². The molecular weight excluding hydrogens is 1290 g/mol. The summed E-state index contributed by atoms with van der Waals surface area (Å²) < 4.78 is 347. The van der Waals surface area contributed by atoms with Crippen LogP contribution in [-0.4, -0.2) is 43.1 Å². The van der Waals surface area contributed by atoms with Crippen molar-refractivity contribution < 1.29 is 105 Å². The first-order chi connectivity index (χ1) is 41.3. The average Bonchev–Trinajstić information content (AvgIpc) is 0.716. The van der Waals surface area contributed by atoms with Crippen LogP contribution in [0.15, 0.2) is 72.8 Å². The molecule has 0 fully saturated rings. The zero-order valence-corrected chi connectivity index (χ0v) is 52.7. The molecule has 4 aromatic carbocycles. The largest absolute Gasteiger partial charge is 0.416 e. The molecule has 4 aromatic rings. The third kappa shape index (κ3) is 23.1. The van der Waals surface area contributed by atoms with Gasteiger partial charge in [-0.1, -0.05) is 167 Å². The summed E-state index contributed by atoms with van der Waals surface area (Å²) in [5.74, 6) is 0. The van der Waals surface area contributed by atoms with E-state index in [1.165, 1.54) is 153 Å². The lowest BCUT2D eigenvalue weighted by atomic mass is 9.12. The van der Waals surface area contributed by atoms with Crippen LogP contribution in [0.2, 0.25) is 0 Å². The van der Waals surface area contributed by atoms with Crippen molar-refractivity contribution in [1.29, 1.82) is 0 Å². The zero-order valence-electron chi connectivity index (χ0n) is 50.9. The van der Waals surface area contributed by atoms with E-state index >= 15 is 0 Å². The number of nitrogens with zero attached hydrogens (tertiary/aromatic N) is 1. The second kappa shape index (κ2) is 32.8. The van der Waals surface area contributed by atoms with Gasteiger partial charge in [0.15, 0.2) is 0 Å². The van der Waals surface area contributed by atoms with Crippen LogP contribution in [0.5, 0.6) is 0 Å². The molecule has 0 aliphatic heterocycles. The lowest BCUT2D eigenvalue weighted by Gasteiger charge is -2.46. The van der Waals surface area contributed by atoms with Crippen molar-refractivity contribution in [3.05, 3.63) is 117 Å². The van der Waals surface area contributed by atoms with Crippen molar-refractivity contribution in [2.75, 3.05) is 37.0 Å². The quantitative estimate of drug-likeness (QED) is 0.0177. The van der Waals surface area contributed by atoms with Crippen LogP contribution >= 0.6 is 14.1 Å². The van der Waals surface area contributed by atoms with E-state index in [0.29, 0.717) is 0 Å². The number of alkyl halides is 24. The maximum Gasteiger partial charge on any atom is 0.416 e. The molecule has 4 rings (SSSR count). The summed E-state index contributed by atoms with van der Waals surface area (Å²) in [4.78, 5) is 0. The van der Waals surface area contributed by atoms with Crippen LogP contribution < -0.4 is 26.0 Å². The van der Waals surface area contributed by atoms with E-state index in [1.54, 1.807) is 0 Å². The van der Waals surface area contributed by atoms with E-state index in [9.17, 15) is 105 Å². The summed E-state index contributed by atoms with van der Waals surface area (Å²) in [6, 6.07) is -8.81. The Labute approximate surface area is 511 Å². The summed E-state index contributed by atoms with van der Waals surface area (Å²) >= 11 is 0. The van der Waals surface area contributed by atoms with E-state index in [4.69, 9.17) is 4.17 Å². The van der Waals surface area contributed by atoms with Gasteiger partial charge in [-0.15, -0.1) is 0 Å². The monoisotopic (exact) mass is 1370 g/mol. The molecule has 1 nitrogen and oxygen atoms in total.